The molecular formula is C8H18N2O2. The number of hydrogen-bond acceptors (Lipinski definition) is 4. The first-order chi connectivity index (χ1) is 5.75. The SMILES string of the molecule is CNCCCCC(N)C1OC1O. The van der Waals surface area contributed by atoms with Crippen LogP contribution in [0.5, 0.6) is 0 Å². The molecule has 0 spiro atoms. The molecule has 1 aliphatic rings. The molecule has 0 aromatic heterocycles. The Morgan fingerprint density at radius 3 is 2.75 bits per heavy atom. The highest BCUT2D eigenvalue weighted by Crippen LogP contribution is 2.23. The van der Waals surface area contributed by atoms with Gasteiger partial charge in [-0.1, -0.05) is 6.42 Å². The van der Waals surface area contributed by atoms with E-state index >= 15 is 0 Å². The Hall–Kier alpha value is -0.160. The number of rotatable bonds is 6. The first-order valence-corrected chi connectivity index (χ1v) is 4.49. The quantitative estimate of drug-likeness (QED) is 0.372. The first-order valence-electron chi connectivity index (χ1n) is 4.49. The summed E-state index contributed by atoms with van der Waals surface area (Å²) < 4.78 is 4.85. The van der Waals surface area contributed by atoms with E-state index in [0.29, 0.717) is 0 Å². The van der Waals surface area contributed by atoms with Gasteiger partial charge < -0.3 is 20.9 Å². The highest BCUT2D eigenvalue weighted by atomic mass is 16.7. The van der Waals surface area contributed by atoms with Crippen molar-refractivity contribution < 1.29 is 9.84 Å². The lowest BCUT2D eigenvalue weighted by Crippen LogP contribution is -2.28. The molecular weight excluding hydrogens is 156 g/mol. The van der Waals surface area contributed by atoms with Gasteiger partial charge in [-0.25, -0.2) is 0 Å². The second-order valence-corrected chi connectivity index (χ2v) is 3.25. The largest absolute Gasteiger partial charge is 0.366 e. The molecule has 0 saturated carbocycles. The number of nitrogens with two attached hydrogens (primary N) is 1. The first kappa shape index (κ1) is 9.92. The summed E-state index contributed by atoms with van der Waals surface area (Å²) in [7, 11) is 1.94. The number of ether oxygens (including phenoxy) is 1. The lowest BCUT2D eigenvalue weighted by Gasteiger charge is -2.06. The monoisotopic (exact) mass is 174 g/mol. The van der Waals surface area contributed by atoms with Crippen LogP contribution >= 0.6 is 0 Å². The predicted molar refractivity (Wildman–Crippen MR) is 46.6 cm³/mol. The normalized spacial score (nSPS) is 30.2. The molecule has 72 valence electrons. The van der Waals surface area contributed by atoms with E-state index in [1.165, 1.54) is 0 Å². The lowest BCUT2D eigenvalue weighted by atomic mass is 10.1. The summed E-state index contributed by atoms with van der Waals surface area (Å²) in [5, 5.41) is 12.0. The van der Waals surface area contributed by atoms with Crippen molar-refractivity contribution in [3.05, 3.63) is 0 Å². The topological polar surface area (TPSA) is 70.8 Å². The van der Waals surface area contributed by atoms with E-state index in [1.807, 2.05) is 7.05 Å². The van der Waals surface area contributed by atoms with E-state index in [0.717, 1.165) is 25.8 Å². The highest BCUT2D eigenvalue weighted by Gasteiger charge is 2.41. The summed E-state index contributed by atoms with van der Waals surface area (Å²) in [4.78, 5) is 0. The van der Waals surface area contributed by atoms with Gasteiger partial charge in [0.05, 0.1) is 0 Å². The Balaban J connectivity index is 1.92. The van der Waals surface area contributed by atoms with Gasteiger partial charge in [-0.3, -0.25) is 0 Å². The summed E-state index contributed by atoms with van der Waals surface area (Å²) in [6, 6.07) is 0.0110. The van der Waals surface area contributed by atoms with Crippen molar-refractivity contribution in [1.82, 2.24) is 5.32 Å². The second-order valence-electron chi connectivity index (χ2n) is 3.25. The van der Waals surface area contributed by atoms with Crippen LogP contribution in [0.4, 0.5) is 0 Å². The molecule has 12 heavy (non-hydrogen) atoms. The van der Waals surface area contributed by atoms with Crippen LogP contribution in [0.2, 0.25) is 0 Å². The van der Waals surface area contributed by atoms with Crippen molar-refractivity contribution in [2.24, 2.45) is 5.73 Å². The van der Waals surface area contributed by atoms with Crippen LogP contribution in [0.15, 0.2) is 0 Å². The fourth-order valence-electron chi connectivity index (χ4n) is 1.27. The van der Waals surface area contributed by atoms with Crippen LogP contribution in [0.3, 0.4) is 0 Å². The fourth-order valence-corrected chi connectivity index (χ4v) is 1.27. The van der Waals surface area contributed by atoms with Crippen molar-refractivity contribution in [3.63, 3.8) is 0 Å². The minimum absolute atomic E-state index is 0.0110. The number of hydrogen-bond donors (Lipinski definition) is 3. The van der Waals surface area contributed by atoms with Crippen molar-refractivity contribution >= 4 is 0 Å². The molecule has 0 radical (unpaired) electrons. The van der Waals surface area contributed by atoms with Crippen LogP contribution in [-0.4, -0.2) is 37.1 Å². The van der Waals surface area contributed by atoms with E-state index in [1.54, 1.807) is 0 Å². The number of nitrogens with one attached hydrogen (secondary N) is 1. The third-order valence-corrected chi connectivity index (χ3v) is 2.14. The summed E-state index contributed by atoms with van der Waals surface area (Å²) in [6.45, 7) is 1.03. The van der Waals surface area contributed by atoms with Gasteiger partial charge in [-0.05, 0) is 26.4 Å². The highest BCUT2D eigenvalue weighted by molar-refractivity contribution is 4.85. The van der Waals surface area contributed by atoms with Gasteiger partial charge in [0, 0.05) is 6.04 Å². The van der Waals surface area contributed by atoms with Crippen LogP contribution in [0.25, 0.3) is 0 Å². The molecule has 0 bridgehead atoms. The van der Waals surface area contributed by atoms with Gasteiger partial charge in [0.15, 0.2) is 6.29 Å². The third-order valence-electron chi connectivity index (χ3n) is 2.14. The van der Waals surface area contributed by atoms with Gasteiger partial charge >= 0.3 is 0 Å². The minimum atomic E-state index is -0.593. The minimum Gasteiger partial charge on any atom is -0.366 e. The van der Waals surface area contributed by atoms with E-state index in [9.17, 15) is 0 Å². The molecule has 0 aromatic rings. The Morgan fingerprint density at radius 2 is 2.25 bits per heavy atom. The smallest absolute Gasteiger partial charge is 0.183 e. The molecule has 3 unspecified atom stereocenters. The van der Waals surface area contributed by atoms with Crippen LogP contribution in [0, 0.1) is 0 Å². The zero-order valence-corrected chi connectivity index (χ0v) is 7.49. The Morgan fingerprint density at radius 1 is 1.58 bits per heavy atom. The summed E-state index contributed by atoms with van der Waals surface area (Å²) >= 11 is 0. The molecule has 0 amide bonds. The molecule has 1 aliphatic heterocycles. The maximum atomic E-state index is 8.88. The lowest BCUT2D eigenvalue weighted by molar-refractivity contribution is 0.155. The van der Waals surface area contributed by atoms with Crippen LogP contribution in [-0.2, 0) is 4.74 Å². The molecule has 1 fully saturated rings. The predicted octanol–water partition coefficient (Wildman–Crippen LogP) is -0.579. The van der Waals surface area contributed by atoms with Gasteiger partial charge in [-0.2, -0.15) is 0 Å². The standard InChI is InChI=1S/C8H18N2O2/c1-10-5-3-2-4-6(9)7-8(11)12-7/h6-8,10-11H,2-5,9H2,1H3. The number of aliphatic hydroxyl groups excluding tert-OH is 1. The van der Waals surface area contributed by atoms with E-state index in [-0.39, 0.29) is 12.1 Å². The van der Waals surface area contributed by atoms with Gasteiger partial charge in [0.25, 0.3) is 0 Å². The van der Waals surface area contributed by atoms with Crippen LogP contribution in [0.1, 0.15) is 19.3 Å². The Bertz CT molecular complexity index is 132. The maximum Gasteiger partial charge on any atom is 0.183 e. The molecule has 1 rings (SSSR count). The number of unbranched alkanes of at least 4 members (excludes halogenated alkanes) is 1. The molecule has 4 nitrogen and oxygen atoms in total. The molecule has 0 aromatic carbocycles. The van der Waals surface area contributed by atoms with Crippen molar-refractivity contribution in [2.75, 3.05) is 13.6 Å². The second kappa shape index (κ2) is 4.77. The zero-order chi connectivity index (χ0) is 8.97. The van der Waals surface area contributed by atoms with E-state index in [4.69, 9.17) is 15.6 Å². The maximum absolute atomic E-state index is 8.88. The molecule has 1 heterocycles. The molecule has 3 atom stereocenters. The van der Waals surface area contributed by atoms with Gasteiger partial charge in [0.1, 0.15) is 6.10 Å². The van der Waals surface area contributed by atoms with Crippen LogP contribution < -0.4 is 11.1 Å². The average molecular weight is 174 g/mol. The average Bonchev–Trinajstić information content (AvgIpc) is 2.76. The molecule has 0 aliphatic carbocycles. The third kappa shape index (κ3) is 3.06. The van der Waals surface area contributed by atoms with Crippen molar-refractivity contribution in [1.29, 1.82) is 0 Å². The van der Waals surface area contributed by atoms with E-state index in [2.05, 4.69) is 5.32 Å². The van der Waals surface area contributed by atoms with Crippen molar-refractivity contribution in [2.45, 2.75) is 37.7 Å². The number of epoxide rings is 1. The van der Waals surface area contributed by atoms with Gasteiger partial charge in [0.2, 0.25) is 0 Å². The molecule has 1 saturated heterocycles. The van der Waals surface area contributed by atoms with Gasteiger partial charge in [-0.15, -0.1) is 0 Å². The Kier molecular flexibility index (Phi) is 3.94. The fraction of sp³-hybridized carbons (Fsp3) is 1.00. The number of aliphatic hydroxyl groups is 1. The summed E-state index contributed by atoms with van der Waals surface area (Å²) in [5.74, 6) is 0. The Labute approximate surface area is 73.1 Å². The summed E-state index contributed by atoms with van der Waals surface area (Å²) in [6.07, 6.45) is 2.47. The zero-order valence-electron chi connectivity index (χ0n) is 7.49. The summed E-state index contributed by atoms with van der Waals surface area (Å²) in [5.41, 5.74) is 5.75. The van der Waals surface area contributed by atoms with Crippen molar-refractivity contribution in [3.8, 4) is 0 Å². The van der Waals surface area contributed by atoms with E-state index < -0.39 is 6.29 Å². The molecule has 4 heteroatoms. The molecule has 4 N–H and O–H groups in total.